The van der Waals surface area contributed by atoms with Gasteiger partial charge in [0.25, 0.3) is 0 Å². The topological polar surface area (TPSA) is 59.4 Å². The SMILES string of the molecule is O=C1[C@@H]2[C@H]3C[C@@H]([C@@H]2C(=O)N1c1ccc(Cl)cc1)[C@@H]1[C@@H](c2ccc(F)cc2)c2sc(=O)n(Cc4ccccc4)c2S[C@@H]31. The molecule has 2 amide bonds. The van der Waals surface area contributed by atoms with Crippen molar-refractivity contribution in [2.45, 2.75) is 29.2 Å². The fraction of sp³-hybridized carbons (Fsp3) is 0.281. The maximum atomic E-state index is 14.0. The Bertz CT molecular complexity index is 1750. The lowest BCUT2D eigenvalue weighted by Gasteiger charge is -2.43. The Kier molecular flexibility index (Phi) is 5.85. The number of rotatable bonds is 4. The van der Waals surface area contributed by atoms with Gasteiger partial charge in [0, 0.05) is 21.1 Å². The second-order valence-electron chi connectivity index (χ2n) is 11.4. The third-order valence-corrected chi connectivity index (χ3v) is 12.5. The Balaban J connectivity index is 1.23. The van der Waals surface area contributed by atoms with Gasteiger partial charge in [-0.15, -0.1) is 11.8 Å². The fourth-order valence-electron chi connectivity index (χ4n) is 7.91. The van der Waals surface area contributed by atoms with E-state index in [1.165, 1.54) is 28.4 Å². The lowest BCUT2D eigenvalue weighted by Crippen LogP contribution is -2.43. The summed E-state index contributed by atoms with van der Waals surface area (Å²) < 4.78 is 15.9. The van der Waals surface area contributed by atoms with Gasteiger partial charge in [-0.1, -0.05) is 65.4 Å². The lowest BCUT2D eigenvalue weighted by molar-refractivity contribution is -0.123. The highest BCUT2D eigenvalue weighted by atomic mass is 35.5. The molecule has 2 saturated carbocycles. The summed E-state index contributed by atoms with van der Waals surface area (Å²) in [6.45, 7) is 0.466. The van der Waals surface area contributed by atoms with E-state index in [1.54, 1.807) is 36.0 Å². The Morgan fingerprint density at radius 3 is 2.24 bits per heavy atom. The number of imide groups is 1. The van der Waals surface area contributed by atoms with Crippen LogP contribution in [0.3, 0.4) is 0 Å². The minimum atomic E-state index is -0.391. The molecule has 0 spiro atoms. The molecule has 1 saturated heterocycles. The summed E-state index contributed by atoms with van der Waals surface area (Å²) in [5.41, 5.74) is 2.55. The molecule has 2 bridgehead atoms. The van der Waals surface area contributed by atoms with Crippen molar-refractivity contribution >= 4 is 52.2 Å². The molecule has 3 aromatic carbocycles. The molecule has 41 heavy (non-hydrogen) atoms. The van der Waals surface area contributed by atoms with Crippen LogP contribution in [0.4, 0.5) is 10.1 Å². The number of hydrogen-bond acceptors (Lipinski definition) is 5. The number of benzene rings is 3. The van der Waals surface area contributed by atoms with Crippen LogP contribution in [-0.4, -0.2) is 21.6 Å². The van der Waals surface area contributed by atoms with Crippen molar-refractivity contribution in [3.63, 3.8) is 0 Å². The zero-order valence-corrected chi connectivity index (χ0v) is 24.0. The van der Waals surface area contributed by atoms with Gasteiger partial charge in [0.1, 0.15) is 5.82 Å². The highest BCUT2D eigenvalue weighted by Crippen LogP contribution is 2.69. The van der Waals surface area contributed by atoms with Crippen molar-refractivity contribution < 1.29 is 14.0 Å². The van der Waals surface area contributed by atoms with E-state index in [2.05, 4.69) is 0 Å². The molecule has 2 aliphatic carbocycles. The number of thiazole rings is 1. The highest BCUT2D eigenvalue weighted by Gasteiger charge is 2.69. The van der Waals surface area contributed by atoms with Crippen molar-refractivity contribution in [3.8, 4) is 0 Å². The van der Waals surface area contributed by atoms with E-state index in [4.69, 9.17) is 11.6 Å². The molecule has 4 aliphatic rings. The molecule has 206 valence electrons. The zero-order chi connectivity index (χ0) is 28.0. The van der Waals surface area contributed by atoms with E-state index in [-0.39, 0.29) is 57.3 Å². The van der Waals surface area contributed by atoms with Gasteiger partial charge in [0.15, 0.2) is 0 Å². The molecule has 0 N–H and O–H groups in total. The average Bonchev–Trinajstić information content (AvgIpc) is 3.69. The van der Waals surface area contributed by atoms with Crippen LogP contribution in [-0.2, 0) is 16.1 Å². The third kappa shape index (κ3) is 3.76. The molecule has 3 fully saturated rings. The predicted molar refractivity (Wildman–Crippen MR) is 158 cm³/mol. The first-order chi connectivity index (χ1) is 19.9. The van der Waals surface area contributed by atoms with Gasteiger partial charge in [-0.05, 0) is 71.7 Å². The molecular formula is C32H24ClFN2O3S2. The van der Waals surface area contributed by atoms with Crippen molar-refractivity contribution in [1.82, 2.24) is 4.57 Å². The number of amides is 2. The highest BCUT2D eigenvalue weighted by molar-refractivity contribution is 8.00. The van der Waals surface area contributed by atoms with Crippen molar-refractivity contribution in [2.24, 2.45) is 29.6 Å². The van der Waals surface area contributed by atoms with Crippen LogP contribution in [0.2, 0.25) is 5.02 Å². The van der Waals surface area contributed by atoms with Gasteiger partial charge < -0.3 is 0 Å². The van der Waals surface area contributed by atoms with Crippen LogP contribution >= 0.6 is 34.7 Å². The first-order valence-electron chi connectivity index (χ1n) is 13.7. The average molecular weight is 603 g/mol. The Morgan fingerprint density at radius 2 is 1.54 bits per heavy atom. The largest absolute Gasteiger partial charge is 0.308 e. The minimum absolute atomic E-state index is 0.000714. The van der Waals surface area contributed by atoms with Crippen LogP contribution in [0, 0.1) is 35.4 Å². The van der Waals surface area contributed by atoms with E-state index in [0.29, 0.717) is 17.3 Å². The van der Waals surface area contributed by atoms with Crippen LogP contribution in [0.25, 0.3) is 0 Å². The number of thioether (sulfide) groups is 1. The van der Waals surface area contributed by atoms with E-state index in [0.717, 1.165) is 27.5 Å². The van der Waals surface area contributed by atoms with Gasteiger partial charge in [-0.25, -0.2) is 4.39 Å². The number of halogens is 2. The third-order valence-electron chi connectivity index (χ3n) is 9.45. The predicted octanol–water partition coefficient (Wildman–Crippen LogP) is 6.43. The molecule has 7 atom stereocenters. The van der Waals surface area contributed by atoms with Gasteiger partial charge in [-0.3, -0.25) is 23.9 Å². The van der Waals surface area contributed by atoms with E-state index in [1.807, 2.05) is 47.0 Å². The molecule has 0 unspecified atom stereocenters. The van der Waals surface area contributed by atoms with Crippen LogP contribution in [0.15, 0.2) is 88.7 Å². The van der Waals surface area contributed by atoms with Gasteiger partial charge in [0.2, 0.25) is 11.8 Å². The normalized spacial score (nSPS) is 29.5. The first kappa shape index (κ1) is 25.5. The Labute approximate surface area is 249 Å². The van der Waals surface area contributed by atoms with Crippen LogP contribution in [0.5, 0.6) is 0 Å². The minimum Gasteiger partial charge on any atom is -0.289 e. The van der Waals surface area contributed by atoms with E-state index < -0.39 is 5.92 Å². The van der Waals surface area contributed by atoms with Crippen molar-refractivity contribution in [3.05, 3.63) is 115 Å². The smallest absolute Gasteiger partial charge is 0.289 e. The molecule has 2 aliphatic heterocycles. The number of hydrogen-bond donors (Lipinski definition) is 0. The number of nitrogens with zero attached hydrogens (tertiary/aromatic N) is 2. The quantitative estimate of drug-likeness (QED) is 0.253. The molecule has 0 radical (unpaired) electrons. The fourth-order valence-corrected chi connectivity index (χ4v) is 11.2. The molecule has 8 rings (SSSR count). The Hall–Kier alpha value is -3.20. The summed E-state index contributed by atoms with van der Waals surface area (Å²) >= 11 is 9.05. The van der Waals surface area contributed by atoms with Crippen molar-refractivity contribution in [1.29, 1.82) is 0 Å². The van der Waals surface area contributed by atoms with E-state index >= 15 is 0 Å². The summed E-state index contributed by atoms with van der Waals surface area (Å²) in [7, 11) is 0. The molecule has 1 aromatic heterocycles. The number of carbonyl (C=O) groups is 2. The molecule has 9 heteroatoms. The maximum Gasteiger partial charge on any atom is 0.308 e. The summed E-state index contributed by atoms with van der Waals surface area (Å²) in [5.74, 6) is -1.41. The second-order valence-corrected chi connectivity index (χ2v) is 14.0. The maximum absolute atomic E-state index is 14.0. The first-order valence-corrected chi connectivity index (χ1v) is 15.8. The molecule has 5 nitrogen and oxygen atoms in total. The van der Waals surface area contributed by atoms with Gasteiger partial charge in [-0.2, -0.15) is 0 Å². The summed E-state index contributed by atoms with van der Waals surface area (Å²) in [5, 5.41) is 1.56. The summed E-state index contributed by atoms with van der Waals surface area (Å²) in [6.07, 6.45) is 0.805. The number of fused-ring (bicyclic) bond motifs is 9. The van der Waals surface area contributed by atoms with Crippen molar-refractivity contribution in [2.75, 3.05) is 4.90 Å². The molecule has 4 aromatic rings. The van der Waals surface area contributed by atoms with Crippen LogP contribution in [0.1, 0.15) is 28.3 Å². The number of carbonyl (C=O) groups excluding carboxylic acids is 2. The number of anilines is 1. The molecule has 3 heterocycles. The summed E-state index contributed by atoms with van der Waals surface area (Å²) in [4.78, 5) is 43.5. The Morgan fingerprint density at radius 1 is 0.854 bits per heavy atom. The summed E-state index contributed by atoms with van der Waals surface area (Å²) in [6, 6.07) is 23.3. The van der Waals surface area contributed by atoms with E-state index in [9.17, 15) is 18.8 Å². The van der Waals surface area contributed by atoms with Gasteiger partial charge >= 0.3 is 4.87 Å². The van der Waals surface area contributed by atoms with Crippen LogP contribution < -0.4 is 9.77 Å². The molecular weight excluding hydrogens is 579 g/mol. The standard InChI is InChI=1S/C32H24ClFN2O3S2/c33-18-8-12-20(13-9-18)36-29(37)25-21-14-22(26(25)30(36)38)27-24(21)23(17-6-10-19(34)11-7-17)28-31(40-27)35(32(39)41-28)15-16-4-2-1-3-5-16/h1-13,21-27H,14-15H2/t21-,22-,23-,24-,25+,26-,27+/m1/s1. The lowest BCUT2D eigenvalue weighted by atomic mass is 9.68. The van der Waals surface area contributed by atoms with Gasteiger partial charge in [0.05, 0.1) is 29.1 Å². The zero-order valence-electron chi connectivity index (χ0n) is 21.7. The second kappa shape index (κ2) is 9.41. The number of aromatic nitrogens is 1. The monoisotopic (exact) mass is 602 g/mol.